The van der Waals surface area contributed by atoms with Crippen LogP contribution in [0.5, 0.6) is 18.0 Å². The number of benzene rings is 3. The summed E-state index contributed by atoms with van der Waals surface area (Å²) in [5, 5.41) is 8.56. The van der Waals surface area contributed by atoms with Crippen molar-refractivity contribution in [2.45, 2.75) is 9.79 Å². The molecule has 0 bridgehead atoms. The average molecular weight is 786 g/mol. The maximum atomic E-state index is 12.3. The summed E-state index contributed by atoms with van der Waals surface area (Å²) in [5.74, 6) is 0.0188. The summed E-state index contributed by atoms with van der Waals surface area (Å²) in [6, 6.07) is 16.3. The fourth-order valence-corrected chi connectivity index (χ4v) is 5.55. The monoisotopic (exact) mass is 785 g/mol. The summed E-state index contributed by atoms with van der Waals surface area (Å²) in [5.41, 5.74) is 0.715. The van der Waals surface area contributed by atoms with Crippen LogP contribution in [0.4, 0.5) is 34.9 Å². The van der Waals surface area contributed by atoms with E-state index in [9.17, 15) is 25.9 Å². The summed E-state index contributed by atoms with van der Waals surface area (Å²) in [4.78, 5) is 23.1. The first-order chi connectivity index (χ1) is 23.3. The SMILES string of the molecule is COc1nc(Nc2ccccc2)nc(Nc2ccc(C=Cc3ccc(Nc4nc(OC)nc(OC)n4)cc3S(=O)(=O)[O-])c(S(=O)(=O)[O-])c2)n1.[K+].[K+]. The van der Waals surface area contributed by atoms with Crippen molar-refractivity contribution < 1.29 is 143 Å². The van der Waals surface area contributed by atoms with Gasteiger partial charge in [-0.1, -0.05) is 42.5 Å². The maximum Gasteiger partial charge on any atom is 1.00 e. The van der Waals surface area contributed by atoms with Crippen molar-refractivity contribution in [2.24, 2.45) is 0 Å². The summed E-state index contributed by atoms with van der Waals surface area (Å²) in [6.07, 6.45) is 2.36. The first-order valence-corrected chi connectivity index (χ1v) is 16.5. The number of hydrogen-bond donors (Lipinski definition) is 3. The number of ether oxygens (including phenoxy) is 3. The molecule has 22 heteroatoms. The van der Waals surface area contributed by atoms with Gasteiger partial charge < -0.3 is 39.3 Å². The van der Waals surface area contributed by atoms with Crippen molar-refractivity contribution in [2.75, 3.05) is 37.3 Å². The molecule has 3 N–H and O–H groups in total. The fourth-order valence-electron chi connectivity index (χ4n) is 4.16. The number of methoxy groups -OCH3 is 3. The van der Waals surface area contributed by atoms with E-state index >= 15 is 0 Å². The zero-order valence-electron chi connectivity index (χ0n) is 27.7. The standard InChI is InChI=1S/C29H27N9O9S2.2K/c1-45-27-34-24(30-19-7-5-4-6-8-19)33-25(35-27)31-20-13-11-17(22(15-20)48(39,40)41)9-10-18-12-14-21(16-23(18)49(42,43)44)32-26-36-28(46-2)38-29(37-26)47-3;;/h4-16H,1-3H3,(H,39,40,41)(H,42,43,44)(H,32,36,37,38)(H2,30,31,33,34,35);;/q;2*+1/p-2. The van der Waals surface area contributed by atoms with Crippen LogP contribution in [-0.4, -0.2) is 77.2 Å². The molecular formula is C29H25K2N9O9S2. The number of para-hydroxylation sites is 1. The van der Waals surface area contributed by atoms with Crippen LogP contribution in [0.1, 0.15) is 11.1 Å². The van der Waals surface area contributed by atoms with Gasteiger partial charge in [0.25, 0.3) is 0 Å². The molecule has 0 unspecified atom stereocenters. The molecule has 0 radical (unpaired) electrons. The molecule has 51 heavy (non-hydrogen) atoms. The van der Waals surface area contributed by atoms with E-state index < -0.39 is 30.0 Å². The Labute approximate surface area is 377 Å². The van der Waals surface area contributed by atoms with Crippen LogP contribution in [0.2, 0.25) is 0 Å². The Kier molecular flexibility index (Phi) is 15.8. The van der Waals surface area contributed by atoms with Gasteiger partial charge in [0.1, 0.15) is 20.2 Å². The van der Waals surface area contributed by atoms with Crippen LogP contribution in [0, 0.1) is 0 Å². The number of nitrogens with zero attached hydrogens (tertiary/aromatic N) is 6. The molecule has 2 aromatic heterocycles. The summed E-state index contributed by atoms with van der Waals surface area (Å²) in [7, 11) is -6.12. The molecule has 0 spiro atoms. The summed E-state index contributed by atoms with van der Waals surface area (Å²) in [6.45, 7) is 0. The van der Waals surface area contributed by atoms with Crippen LogP contribution in [0.25, 0.3) is 12.2 Å². The van der Waals surface area contributed by atoms with Crippen molar-refractivity contribution in [3.63, 3.8) is 0 Å². The fraction of sp³-hybridized carbons (Fsp3) is 0.103. The van der Waals surface area contributed by atoms with Crippen LogP contribution in [-0.2, 0) is 20.2 Å². The zero-order chi connectivity index (χ0) is 35.2. The Balaban J connectivity index is 0.00000351. The number of nitrogens with one attached hydrogen (secondary N) is 3. The molecule has 0 aliphatic rings. The second kappa shape index (κ2) is 18.9. The van der Waals surface area contributed by atoms with Gasteiger partial charge in [0.05, 0.1) is 31.1 Å². The average Bonchev–Trinajstić information content (AvgIpc) is 3.07. The van der Waals surface area contributed by atoms with Gasteiger partial charge >= 0.3 is 121 Å². The van der Waals surface area contributed by atoms with E-state index in [1.165, 1.54) is 57.7 Å². The predicted molar refractivity (Wildman–Crippen MR) is 173 cm³/mol. The first-order valence-electron chi connectivity index (χ1n) is 13.7. The Hall–Kier alpha value is -2.69. The van der Waals surface area contributed by atoms with Gasteiger partial charge in [0.15, 0.2) is 0 Å². The molecule has 0 saturated heterocycles. The third-order valence-electron chi connectivity index (χ3n) is 6.31. The molecule has 18 nitrogen and oxygen atoms in total. The van der Waals surface area contributed by atoms with Gasteiger partial charge in [-0.05, 0) is 47.5 Å². The van der Waals surface area contributed by atoms with E-state index in [2.05, 4.69) is 45.9 Å². The molecule has 5 rings (SSSR count). The Bertz CT molecular complexity index is 2230. The quantitative estimate of drug-likeness (QED) is 0.0623. The molecule has 0 aliphatic heterocycles. The van der Waals surface area contributed by atoms with E-state index in [4.69, 9.17) is 14.2 Å². The third kappa shape index (κ3) is 11.9. The van der Waals surface area contributed by atoms with Gasteiger partial charge in [0, 0.05) is 17.1 Å². The second-order valence-corrected chi connectivity index (χ2v) is 12.3. The predicted octanol–water partition coefficient (Wildman–Crippen LogP) is -2.70. The molecule has 0 aliphatic carbocycles. The molecule has 0 amide bonds. The van der Waals surface area contributed by atoms with Crippen LogP contribution < -0.4 is 133 Å². The summed E-state index contributed by atoms with van der Waals surface area (Å²) >= 11 is 0. The van der Waals surface area contributed by atoms with E-state index in [1.54, 1.807) is 12.1 Å². The zero-order valence-corrected chi connectivity index (χ0v) is 35.6. The van der Waals surface area contributed by atoms with Crippen LogP contribution >= 0.6 is 0 Å². The number of aromatic nitrogens is 6. The van der Waals surface area contributed by atoms with Crippen molar-refractivity contribution in [3.8, 4) is 18.0 Å². The van der Waals surface area contributed by atoms with Crippen molar-refractivity contribution in [1.82, 2.24) is 29.9 Å². The molecular weight excluding hydrogens is 761 g/mol. The Morgan fingerprint density at radius 3 is 1.29 bits per heavy atom. The van der Waals surface area contributed by atoms with Gasteiger partial charge in [-0.15, -0.1) is 4.98 Å². The van der Waals surface area contributed by atoms with E-state index in [0.717, 1.165) is 12.1 Å². The van der Waals surface area contributed by atoms with Gasteiger partial charge in [-0.25, -0.2) is 16.8 Å². The molecule has 254 valence electrons. The molecule has 5 aromatic rings. The van der Waals surface area contributed by atoms with E-state index in [1.807, 2.05) is 18.2 Å². The smallest absolute Gasteiger partial charge is 0.744 e. The molecule has 0 saturated carbocycles. The van der Waals surface area contributed by atoms with Crippen molar-refractivity contribution >= 4 is 67.3 Å². The molecule has 0 fully saturated rings. The van der Waals surface area contributed by atoms with Crippen LogP contribution in [0.15, 0.2) is 76.5 Å². The Morgan fingerprint density at radius 2 is 0.902 bits per heavy atom. The minimum absolute atomic E-state index is 0. The first kappa shape index (κ1) is 42.7. The maximum absolute atomic E-state index is 12.3. The van der Waals surface area contributed by atoms with E-state index in [0.29, 0.717) is 5.69 Å². The van der Waals surface area contributed by atoms with Gasteiger partial charge in [-0.3, -0.25) is 0 Å². The minimum Gasteiger partial charge on any atom is -0.744 e. The van der Waals surface area contributed by atoms with Crippen molar-refractivity contribution in [3.05, 3.63) is 77.9 Å². The van der Waals surface area contributed by atoms with Gasteiger partial charge in [0.2, 0.25) is 17.8 Å². The number of anilines is 6. The molecule has 2 heterocycles. The largest absolute Gasteiger partial charge is 1.00 e. The van der Waals surface area contributed by atoms with Gasteiger partial charge in [-0.2, -0.15) is 24.9 Å². The topological polar surface area (TPSA) is 256 Å². The summed E-state index contributed by atoms with van der Waals surface area (Å²) < 4.78 is 88.6. The van der Waals surface area contributed by atoms with Crippen molar-refractivity contribution in [1.29, 1.82) is 0 Å². The second-order valence-electron chi connectivity index (χ2n) is 9.59. The molecule has 0 atom stereocenters. The third-order valence-corrected chi connectivity index (χ3v) is 8.09. The van der Waals surface area contributed by atoms with E-state index in [-0.39, 0.29) is 161 Å². The normalized spacial score (nSPS) is 11.2. The number of hydrogen-bond acceptors (Lipinski definition) is 18. The Morgan fingerprint density at radius 1 is 0.529 bits per heavy atom. The molecule has 3 aromatic carbocycles. The minimum atomic E-state index is -5.07. The number of rotatable bonds is 13. The van der Waals surface area contributed by atoms with Crippen LogP contribution in [0.3, 0.4) is 0 Å².